The first-order chi connectivity index (χ1) is 8.85. The number of rotatable bonds is 4. The first-order valence-electron chi connectivity index (χ1n) is 7.48. The molecule has 0 aromatic carbocycles. The van der Waals surface area contributed by atoms with Crippen LogP contribution in [0.5, 0.6) is 0 Å². The summed E-state index contributed by atoms with van der Waals surface area (Å²) in [6.45, 7) is 6.88. The van der Waals surface area contributed by atoms with Crippen LogP contribution in [-0.4, -0.2) is 48.7 Å². The fourth-order valence-electron chi connectivity index (χ4n) is 3.28. The predicted molar refractivity (Wildman–Crippen MR) is 76.0 cm³/mol. The van der Waals surface area contributed by atoms with Gasteiger partial charge in [0.15, 0.2) is 0 Å². The van der Waals surface area contributed by atoms with E-state index in [1.165, 1.54) is 25.7 Å². The van der Waals surface area contributed by atoms with Crippen molar-refractivity contribution in [1.29, 1.82) is 0 Å². The summed E-state index contributed by atoms with van der Waals surface area (Å²) >= 11 is 0. The van der Waals surface area contributed by atoms with Crippen molar-refractivity contribution in [3.8, 4) is 0 Å². The summed E-state index contributed by atoms with van der Waals surface area (Å²) in [5.41, 5.74) is -0.246. The van der Waals surface area contributed by atoms with Crippen LogP contribution in [0.1, 0.15) is 46.5 Å². The Labute approximate surface area is 116 Å². The van der Waals surface area contributed by atoms with E-state index < -0.39 is 0 Å². The highest BCUT2D eigenvalue weighted by Gasteiger charge is 2.38. The summed E-state index contributed by atoms with van der Waals surface area (Å²) in [6, 6.07) is 1.48. The van der Waals surface area contributed by atoms with Gasteiger partial charge in [0.1, 0.15) is 6.61 Å². The molecule has 0 aromatic heterocycles. The molecule has 2 atom stereocenters. The van der Waals surface area contributed by atoms with Gasteiger partial charge in [-0.1, -0.05) is 0 Å². The summed E-state index contributed by atoms with van der Waals surface area (Å²) in [6.07, 6.45) is 5.12. The number of ether oxygens (including phenoxy) is 1. The summed E-state index contributed by atoms with van der Waals surface area (Å²) < 4.78 is 5.48. The summed E-state index contributed by atoms with van der Waals surface area (Å²) in [5, 5.41) is 3.03. The molecular formula is C15H28N2O2. The Morgan fingerprint density at radius 3 is 2.37 bits per heavy atom. The molecule has 2 heterocycles. The zero-order chi connectivity index (χ0) is 14.0. The molecule has 1 N–H and O–H groups in total. The highest BCUT2D eigenvalue weighted by Crippen LogP contribution is 2.36. The molecule has 2 rings (SSSR count). The molecule has 1 amide bonds. The summed E-state index contributed by atoms with van der Waals surface area (Å²) in [7, 11) is 2.24. The van der Waals surface area contributed by atoms with Crippen LogP contribution in [0.25, 0.3) is 0 Å². The Morgan fingerprint density at radius 2 is 1.84 bits per heavy atom. The second-order valence-electron chi connectivity index (χ2n) is 7.09. The second kappa shape index (κ2) is 5.80. The maximum Gasteiger partial charge on any atom is 0.246 e. The molecule has 4 heteroatoms. The summed E-state index contributed by atoms with van der Waals surface area (Å²) in [4.78, 5) is 14.3. The van der Waals surface area contributed by atoms with Crippen LogP contribution in [-0.2, 0) is 9.53 Å². The van der Waals surface area contributed by atoms with E-state index >= 15 is 0 Å². The number of nitrogens with zero attached hydrogens (tertiary/aromatic N) is 1. The average molecular weight is 268 g/mol. The van der Waals surface area contributed by atoms with Gasteiger partial charge in [-0.2, -0.15) is 0 Å². The van der Waals surface area contributed by atoms with Crippen LogP contribution in [0.2, 0.25) is 0 Å². The van der Waals surface area contributed by atoms with Crippen molar-refractivity contribution in [3.63, 3.8) is 0 Å². The Morgan fingerprint density at radius 1 is 1.26 bits per heavy atom. The standard InChI is InChI=1S/C15H28N2O2/c1-15(2,3)19-10-14(18)16-9-11-7-12-5-6-13(8-11)17(12)4/h11-13H,5-10H2,1-4H3,(H,16,18). The lowest BCUT2D eigenvalue weighted by atomic mass is 9.91. The van der Waals surface area contributed by atoms with E-state index in [2.05, 4.69) is 17.3 Å². The Kier molecular flexibility index (Phi) is 4.51. The van der Waals surface area contributed by atoms with Crippen molar-refractivity contribution in [1.82, 2.24) is 10.2 Å². The van der Waals surface area contributed by atoms with Gasteiger partial charge in [0.05, 0.1) is 5.60 Å². The molecule has 0 spiro atoms. The topological polar surface area (TPSA) is 41.6 Å². The lowest BCUT2D eigenvalue weighted by molar-refractivity contribution is -0.130. The van der Waals surface area contributed by atoms with Crippen molar-refractivity contribution in [2.24, 2.45) is 5.92 Å². The van der Waals surface area contributed by atoms with Crippen LogP contribution in [0.3, 0.4) is 0 Å². The van der Waals surface area contributed by atoms with Crippen molar-refractivity contribution < 1.29 is 9.53 Å². The molecule has 2 fully saturated rings. The van der Waals surface area contributed by atoms with Gasteiger partial charge >= 0.3 is 0 Å². The average Bonchev–Trinajstić information content (AvgIpc) is 2.55. The highest BCUT2D eigenvalue weighted by molar-refractivity contribution is 5.77. The lowest BCUT2D eigenvalue weighted by Crippen LogP contribution is -2.44. The fraction of sp³-hybridized carbons (Fsp3) is 0.933. The van der Waals surface area contributed by atoms with Crippen LogP contribution < -0.4 is 5.32 Å². The van der Waals surface area contributed by atoms with Gasteiger partial charge in [-0.3, -0.25) is 4.79 Å². The molecular weight excluding hydrogens is 240 g/mol. The number of fused-ring (bicyclic) bond motifs is 2. The first kappa shape index (κ1) is 14.8. The summed E-state index contributed by atoms with van der Waals surface area (Å²) in [5.74, 6) is 0.661. The maximum absolute atomic E-state index is 11.7. The third-order valence-electron chi connectivity index (χ3n) is 4.42. The van der Waals surface area contributed by atoms with E-state index in [1.54, 1.807) is 0 Å². The van der Waals surface area contributed by atoms with E-state index in [0.717, 1.165) is 18.6 Å². The van der Waals surface area contributed by atoms with Crippen LogP contribution in [0.15, 0.2) is 0 Å². The van der Waals surface area contributed by atoms with E-state index in [4.69, 9.17) is 4.74 Å². The molecule has 2 saturated heterocycles. The minimum Gasteiger partial charge on any atom is -0.366 e. The second-order valence-corrected chi connectivity index (χ2v) is 7.09. The van der Waals surface area contributed by atoms with Gasteiger partial charge in [-0.15, -0.1) is 0 Å². The van der Waals surface area contributed by atoms with E-state index in [0.29, 0.717) is 5.92 Å². The molecule has 0 aromatic rings. The number of amides is 1. The normalized spacial score (nSPS) is 31.5. The molecule has 110 valence electrons. The predicted octanol–water partition coefficient (Wildman–Crippen LogP) is 1.79. The number of hydrogen-bond donors (Lipinski definition) is 1. The van der Waals surface area contributed by atoms with Gasteiger partial charge in [-0.25, -0.2) is 0 Å². The van der Waals surface area contributed by atoms with Crippen LogP contribution in [0.4, 0.5) is 0 Å². The Balaban J connectivity index is 1.68. The molecule has 2 aliphatic rings. The van der Waals surface area contributed by atoms with E-state index in [1.807, 2.05) is 20.8 Å². The fourth-order valence-corrected chi connectivity index (χ4v) is 3.28. The molecule has 4 nitrogen and oxygen atoms in total. The van der Waals surface area contributed by atoms with Gasteiger partial charge < -0.3 is 15.0 Å². The van der Waals surface area contributed by atoms with Crippen molar-refractivity contribution in [2.75, 3.05) is 20.2 Å². The molecule has 19 heavy (non-hydrogen) atoms. The van der Waals surface area contributed by atoms with Gasteiger partial charge in [0.2, 0.25) is 5.91 Å². The molecule has 2 bridgehead atoms. The number of piperidine rings is 1. The quantitative estimate of drug-likeness (QED) is 0.845. The van der Waals surface area contributed by atoms with E-state index in [9.17, 15) is 4.79 Å². The monoisotopic (exact) mass is 268 g/mol. The number of hydrogen-bond acceptors (Lipinski definition) is 3. The highest BCUT2D eigenvalue weighted by atomic mass is 16.5. The molecule has 2 aliphatic heterocycles. The molecule has 0 radical (unpaired) electrons. The SMILES string of the molecule is CN1C2CCC1CC(CNC(=O)COC(C)(C)C)C2. The van der Waals surface area contributed by atoms with Crippen LogP contribution in [0, 0.1) is 5.92 Å². The van der Waals surface area contributed by atoms with Crippen molar-refractivity contribution >= 4 is 5.91 Å². The third kappa shape index (κ3) is 4.18. The van der Waals surface area contributed by atoms with Gasteiger partial charge in [0.25, 0.3) is 0 Å². The third-order valence-corrected chi connectivity index (χ3v) is 4.42. The molecule has 0 saturated carbocycles. The molecule has 2 unspecified atom stereocenters. The van der Waals surface area contributed by atoms with Gasteiger partial charge in [-0.05, 0) is 59.4 Å². The van der Waals surface area contributed by atoms with Gasteiger partial charge in [0, 0.05) is 18.6 Å². The van der Waals surface area contributed by atoms with Crippen molar-refractivity contribution in [2.45, 2.75) is 64.1 Å². The zero-order valence-corrected chi connectivity index (χ0v) is 12.7. The smallest absolute Gasteiger partial charge is 0.246 e. The minimum absolute atomic E-state index is 0.0150. The zero-order valence-electron chi connectivity index (χ0n) is 12.7. The van der Waals surface area contributed by atoms with E-state index in [-0.39, 0.29) is 18.1 Å². The van der Waals surface area contributed by atoms with Crippen molar-refractivity contribution in [3.05, 3.63) is 0 Å². The maximum atomic E-state index is 11.7. The minimum atomic E-state index is -0.246. The molecule has 0 aliphatic carbocycles. The first-order valence-corrected chi connectivity index (χ1v) is 7.48. The number of carbonyl (C=O) groups is 1. The number of carbonyl (C=O) groups excluding carboxylic acids is 1. The Bertz CT molecular complexity index is 311. The lowest BCUT2D eigenvalue weighted by Gasteiger charge is -2.36. The largest absolute Gasteiger partial charge is 0.366 e. The number of nitrogens with one attached hydrogen (secondary N) is 1. The Hall–Kier alpha value is -0.610. The van der Waals surface area contributed by atoms with Crippen LogP contribution >= 0.6 is 0 Å².